The van der Waals surface area contributed by atoms with E-state index in [1.165, 1.54) is 0 Å². The molecule has 0 saturated carbocycles. The Labute approximate surface area is 89.2 Å². The molecule has 1 aromatic heterocycles. The molecule has 1 unspecified atom stereocenters. The molecule has 0 spiro atoms. The van der Waals surface area contributed by atoms with Gasteiger partial charge in [-0.15, -0.1) is 6.58 Å². The zero-order valence-corrected chi connectivity index (χ0v) is 9.10. The van der Waals surface area contributed by atoms with Crippen LogP contribution in [-0.4, -0.2) is 22.2 Å². The van der Waals surface area contributed by atoms with Gasteiger partial charge in [-0.25, -0.2) is 0 Å². The predicted molar refractivity (Wildman–Crippen MR) is 58.6 cm³/mol. The second-order valence-corrected chi connectivity index (χ2v) is 3.94. The van der Waals surface area contributed by atoms with E-state index in [1.54, 1.807) is 15.8 Å². The predicted octanol–water partition coefficient (Wildman–Crippen LogP) is 1.27. The Morgan fingerprint density at radius 1 is 1.67 bits per heavy atom. The summed E-state index contributed by atoms with van der Waals surface area (Å²) in [5, 5.41) is 4.14. The third kappa shape index (κ3) is 1.56. The van der Waals surface area contributed by atoms with Gasteiger partial charge in [0.25, 0.3) is 0 Å². The molecule has 1 saturated heterocycles. The van der Waals surface area contributed by atoms with Crippen LogP contribution in [0.2, 0.25) is 0 Å². The number of hydrogen-bond acceptors (Lipinski definition) is 2. The molecule has 0 bridgehead atoms. The second-order valence-electron chi connectivity index (χ2n) is 3.94. The lowest BCUT2D eigenvalue weighted by Gasteiger charge is -2.15. The summed E-state index contributed by atoms with van der Waals surface area (Å²) >= 11 is 0. The van der Waals surface area contributed by atoms with Crippen molar-refractivity contribution in [1.29, 1.82) is 0 Å². The van der Waals surface area contributed by atoms with Gasteiger partial charge in [-0.2, -0.15) is 5.10 Å². The fourth-order valence-corrected chi connectivity index (χ4v) is 1.88. The molecule has 1 aliphatic rings. The van der Waals surface area contributed by atoms with E-state index in [2.05, 4.69) is 11.7 Å². The number of carbonyl (C=O) groups is 1. The summed E-state index contributed by atoms with van der Waals surface area (Å²) < 4.78 is 1.78. The second kappa shape index (κ2) is 3.53. The van der Waals surface area contributed by atoms with Gasteiger partial charge in [-0.3, -0.25) is 9.48 Å². The minimum atomic E-state index is 0.163. The SMILES string of the molecule is C=CC1CC(=O)N(c2cnn(C)c2C)C1. The molecule has 15 heavy (non-hydrogen) atoms. The maximum absolute atomic E-state index is 11.7. The fraction of sp³-hybridized carbons (Fsp3) is 0.455. The van der Waals surface area contributed by atoms with Gasteiger partial charge in [0.05, 0.1) is 17.6 Å². The number of nitrogens with zero attached hydrogens (tertiary/aromatic N) is 3. The minimum Gasteiger partial charge on any atom is -0.309 e. The van der Waals surface area contributed by atoms with Crippen LogP contribution in [0.15, 0.2) is 18.9 Å². The van der Waals surface area contributed by atoms with Crippen LogP contribution in [-0.2, 0) is 11.8 Å². The number of hydrogen-bond donors (Lipinski definition) is 0. The van der Waals surface area contributed by atoms with Crippen molar-refractivity contribution in [1.82, 2.24) is 9.78 Å². The minimum absolute atomic E-state index is 0.163. The molecular weight excluding hydrogens is 190 g/mol. The first kappa shape index (κ1) is 9.96. The number of aryl methyl sites for hydroxylation is 1. The zero-order valence-electron chi connectivity index (χ0n) is 9.10. The van der Waals surface area contributed by atoms with Crippen LogP contribution in [0.25, 0.3) is 0 Å². The number of rotatable bonds is 2. The third-order valence-corrected chi connectivity index (χ3v) is 2.99. The summed E-state index contributed by atoms with van der Waals surface area (Å²) in [6.45, 7) is 6.43. The summed E-state index contributed by atoms with van der Waals surface area (Å²) in [6.07, 6.45) is 4.17. The van der Waals surface area contributed by atoms with E-state index >= 15 is 0 Å². The Hall–Kier alpha value is -1.58. The number of aromatic nitrogens is 2. The van der Waals surface area contributed by atoms with E-state index in [1.807, 2.05) is 20.0 Å². The maximum Gasteiger partial charge on any atom is 0.227 e. The molecule has 0 aliphatic carbocycles. The van der Waals surface area contributed by atoms with Gasteiger partial charge in [-0.1, -0.05) is 6.08 Å². The topological polar surface area (TPSA) is 38.1 Å². The van der Waals surface area contributed by atoms with E-state index < -0.39 is 0 Å². The molecule has 80 valence electrons. The maximum atomic E-state index is 11.7. The van der Waals surface area contributed by atoms with Crippen molar-refractivity contribution in [3.05, 3.63) is 24.5 Å². The Morgan fingerprint density at radius 2 is 2.40 bits per heavy atom. The van der Waals surface area contributed by atoms with Crippen LogP contribution in [0, 0.1) is 12.8 Å². The van der Waals surface area contributed by atoms with Gasteiger partial charge in [0.15, 0.2) is 0 Å². The molecule has 2 heterocycles. The highest BCUT2D eigenvalue weighted by molar-refractivity contribution is 5.96. The highest BCUT2D eigenvalue weighted by Crippen LogP contribution is 2.27. The van der Waals surface area contributed by atoms with Crippen LogP contribution in [0.1, 0.15) is 12.1 Å². The first-order valence-electron chi connectivity index (χ1n) is 5.05. The van der Waals surface area contributed by atoms with Crippen LogP contribution in [0.4, 0.5) is 5.69 Å². The monoisotopic (exact) mass is 205 g/mol. The third-order valence-electron chi connectivity index (χ3n) is 2.99. The van der Waals surface area contributed by atoms with Gasteiger partial charge in [0.1, 0.15) is 0 Å². The van der Waals surface area contributed by atoms with E-state index in [0.717, 1.165) is 17.9 Å². The van der Waals surface area contributed by atoms with Crippen molar-refractivity contribution >= 4 is 11.6 Å². The Bertz CT molecular complexity index is 408. The van der Waals surface area contributed by atoms with Crippen molar-refractivity contribution in [2.24, 2.45) is 13.0 Å². The molecule has 0 radical (unpaired) electrons. The molecule has 1 fully saturated rings. The van der Waals surface area contributed by atoms with Crippen molar-refractivity contribution in [2.75, 3.05) is 11.4 Å². The first-order chi connectivity index (χ1) is 7.13. The van der Waals surface area contributed by atoms with E-state index in [-0.39, 0.29) is 11.8 Å². The van der Waals surface area contributed by atoms with Crippen LogP contribution < -0.4 is 4.90 Å². The lowest BCUT2D eigenvalue weighted by molar-refractivity contribution is -0.117. The van der Waals surface area contributed by atoms with Crippen molar-refractivity contribution in [2.45, 2.75) is 13.3 Å². The van der Waals surface area contributed by atoms with Crippen LogP contribution >= 0.6 is 0 Å². The summed E-state index contributed by atoms with van der Waals surface area (Å²) in [5.74, 6) is 0.438. The number of anilines is 1. The van der Waals surface area contributed by atoms with Crippen LogP contribution in [0.5, 0.6) is 0 Å². The van der Waals surface area contributed by atoms with Crippen molar-refractivity contribution < 1.29 is 4.79 Å². The molecule has 1 atom stereocenters. The van der Waals surface area contributed by atoms with Gasteiger partial charge >= 0.3 is 0 Å². The Kier molecular flexibility index (Phi) is 2.34. The average molecular weight is 205 g/mol. The van der Waals surface area contributed by atoms with Crippen molar-refractivity contribution in [3.8, 4) is 0 Å². The zero-order chi connectivity index (χ0) is 11.0. The Morgan fingerprint density at radius 3 is 2.87 bits per heavy atom. The van der Waals surface area contributed by atoms with Crippen molar-refractivity contribution in [3.63, 3.8) is 0 Å². The molecular formula is C11H15N3O. The summed E-state index contributed by atoms with van der Waals surface area (Å²) in [7, 11) is 1.88. The molecule has 1 aliphatic heterocycles. The highest BCUT2D eigenvalue weighted by Gasteiger charge is 2.30. The van der Waals surface area contributed by atoms with Crippen LogP contribution in [0.3, 0.4) is 0 Å². The number of amides is 1. The molecule has 1 amide bonds. The number of carbonyl (C=O) groups excluding carboxylic acids is 1. The van der Waals surface area contributed by atoms with E-state index in [4.69, 9.17) is 0 Å². The largest absolute Gasteiger partial charge is 0.309 e. The van der Waals surface area contributed by atoms with Gasteiger partial charge in [0.2, 0.25) is 5.91 Å². The molecule has 1 aromatic rings. The van der Waals surface area contributed by atoms with Gasteiger partial charge in [-0.05, 0) is 6.92 Å². The standard InChI is InChI=1S/C11H15N3O/c1-4-9-5-11(15)14(7-9)10-6-12-13(3)8(10)2/h4,6,9H,1,5,7H2,2-3H3. The highest BCUT2D eigenvalue weighted by atomic mass is 16.2. The fourth-order valence-electron chi connectivity index (χ4n) is 1.88. The lowest BCUT2D eigenvalue weighted by atomic mass is 10.1. The van der Waals surface area contributed by atoms with E-state index in [9.17, 15) is 4.79 Å². The quantitative estimate of drug-likeness (QED) is 0.682. The van der Waals surface area contributed by atoms with Gasteiger partial charge in [0, 0.05) is 25.9 Å². The molecule has 4 heteroatoms. The molecule has 0 aromatic carbocycles. The normalized spacial score (nSPS) is 21.1. The molecule has 2 rings (SSSR count). The summed E-state index contributed by atoms with van der Waals surface area (Å²) in [5.41, 5.74) is 1.94. The summed E-state index contributed by atoms with van der Waals surface area (Å²) in [6, 6.07) is 0. The first-order valence-corrected chi connectivity index (χ1v) is 5.05. The smallest absolute Gasteiger partial charge is 0.227 e. The Balaban J connectivity index is 2.29. The average Bonchev–Trinajstić information content (AvgIpc) is 2.73. The molecule has 4 nitrogen and oxygen atoms in total. The van der Waals surface area contributed by atoms with Gasteiger partial charge < -0.3 is 4.90 Å². The van der Waals surface area contributed by atoms with E-state index in [0.29, 0.717) is 6.42 Å². The summed E-state index contributed by atoms with van der Waals surface area (Å²) in [4.78, 5) is 13.5. The molecule has 0 N–H and O–H groups in total. The lowest BCUT2D eigenvalue weighted by Crippen LogP contribution is -2.24.